The van der Waals surface area contributed by atoms with Crippen molar-refractivity contribution in [2.75, 3.05) is 13.7 Å². The Morgan fingerprint density at radius 3 is 2.74 bits per heavy atom. The second-order valence-corrected chi connectivity index (χ2v) is 6.02. The molecule has 0 bridgehead atoms. The van der Waals surface area contributed by atoms with Crippen molar-refractivity contribution in [2.45, 2.75) is 25.6 Å². The molecule has 9 heteroatoms. The van der Waals surface area contributed by atoms with E-state index in [0.29, 0.717) is 22.8 Å². The lowest BCUT2D eigenvalue weighted by Gasteiger charge is -2.12. The average molecular weight is 403 g/mol. The molecule has 146 valence electrons. The summed E-state index contributed by atoms with van der Waals surface area (Å²) >= 11 is 6.04. The second kappa shape index (κ2) is 9.45. The maximum absolute atomic E-state index is 12.3. The number of halogens is 4. The SMILES string of the molecule is COc1ccc(CCC(=O)NCc2cccnc2OCC(F)(F)F)cc1Cl. The number of nitrogens with one attached hydrogen (secondary N) is 1. The highest BCUT2D eigenvalue weighted by Gasteiger charge is 2.29. The molecule has 1 amide bonds. The van der Waals surface area contributed by atoms with Crippen LogP contribution in [0.4, 0.5) is 13.2 Å². The molecule has 0 saturated heterocycles. The number of benzene rings is 1. The Kier molecular flexibility index (Phi) is 7.29. The lowest BCUT2D eigenvalue weighted by molar-refractivity contribution is -0.154. The van der Waals surface area contributed by atoms with Gasteiger partial charge in [0.15, 0.2) is 6.61 Å². The van der Waals surface area contributed by atoms with Crippen molar-refractivity contribution >= 4 is 17.5 Å². The number of ether oxygens (including phenoxy) is 2. The molecule has 1 aromatic heterocycles. The molecule has 0 spiro atoms. The van der Waals surface area contributed by atoms with Crippen LogP contribution in [0, 0.1) is 0 Å². The van der Waals surface area contributed by atoms with Crippen LogP contribution in [0.3, 0.4) is 0 Å². The van der Waals surface area contributed by atoms with Gasteiger partial charge in [-0.1, -0.05) is 23.7 Å². The Morgan fingerprint density at radius 1 is 1.30 bits per heavy atom. The number of aromatic nitrogens is 1. The summed E-state index contributed by atoms with van der Waals surface area (Å²) < 4.78 is 46.6. The Bertz CT molecular complexity index is 785. The minimum Gasteiger partial charge on any atom is -0.495 e. The minimum absolute atomic E-state index is 0.0171. The predicted octanol–water partition coefficient (Wildman–Crippen LogP) is 3.93. The first-order valence-electron chi connectivity index (χ1n) is 8.01. The first kappa shape index (κ1) is 20.8. The van der Waals surface area contributed by atoms with E-state index in [1.54, 1.807) is 24.3 Å². The van der Waals surface area contributed by atoms with Gasteiger partial charge in [0, 0.05) is 24.7 Å². The van der Waals surface area contributed by atoms with Crippen LogP contribution in [-0.4, -0.2) is 30.8 Å². The van der Waals surface area contributed by atoms with Crippen LogP contribution in [0.25, 0.3) is 0 Å². The van der Waals surface area contributed by atoms with Gasteiger partial charge in [-0.3, -0.25) is 4.79 Å². The number of amides is 1. The van der Waals surface area contributed by atoms with Gasteiger partial charge >= 0.3 is 6.18 Å². The lowest BCUT2D eigenvalue weighted by atomic mass is 10.1. The third-order valence-corrected chi connectivity index (χ3v) is 3.85. The van der Waals surface area contributed by atoms with E-state index in [-0.39, 0.29) is 24.8 Å². The third-order valence-electron chi connectivity index (χ3n) is 3.56. The van der Waals surface area contributed by atoms with Crippen LogP contribution in [0.1, 0.15) is 17.5 Å². The number of alkyl halides is 3. The van der Waals surface area contributed by atoms with E-state index in [4.69, 9.17) is 16.3 Å². The van der Waals surface area contributed by atoms with E-state index >= 15 is 0 Å². The number of pyridine rings is 1. The number of rotatable bonds is 8. The lowest BCUT2D eigenvalue weighted by Crippen LogP contribution is -2.24. The quantitative estimate of drug-likeness (QED) is 0.726. The Hall–Kier alpha value is -2.48. The van der Waals surface area contributed by atoms with Gasteiger partial charge in [0.1, 0.15) is 5.75 Å². The van der Waals surface area contributed by atoms with E-state index in [1.165, 1.54) is 13.3 Å². The summed E-state index contributed by atoms with van der Waals surface area (Å²) in [6.07, 6.45) is -2.48. The number of carbonyl (C=O) groups is 1. The zero-order valence-corrected chi connectivity index (χ0v) is 15.2. The van der Waals surface area contributed by atoms with E-state index in [0.717, 1.165) is 5.56 Å². The van der Waals surface area contributed by atoms with Crippen LogP contribution in [0.5, 0.6) is 11.6 Å². The van der Waals surface area contributed by atoms with Gasteiger partial charge < -0.3 is 14.8 Å². The summed E-state index contributed by atoms with van der Waals surface area (Å²) in [4.78, 5) is 15.8. The molecule has 0 atom stereocenters. The van der Waals surface area contributed by atoms with Gasteiger partial charge in [-0.2, -0.15) is 13.2 Å². The van der Waals surface area contributed by atoms with Crippen LogP contribution in [0.2, 0.25) is 5.02 Å². The fraction of sp³-hybridized carbons (Fsp3) is 0.333. The maximum atomic E-state index is 12.3. The fourth-order valence-electron chi connectivity index (χ4n) is 2.24. The summed E-state index contributed by atoms with van der Waals surface area (Å²) in [6.45, 7) is -1.42. The van der Waals surface area contributed by atoms with Gasteiger partial charge in [-0.25, -0.2) is 4.98 Å². The van der Waals surface area contributed by atoms with Crippen molar-refractivity contribution in [1.29, 1.82) is 0 Å². The normalized spacial score (nSPS) is 11.1. The van der Waals surface area contributed by atoms with Crippen LogP contribution < -0.4 is 14.8 Å². The van der Waals surface area contributed by atoms with Crippen molar-refractivity contribution in [3.63, 3.8) is 0 Å². The average Bonchev–Trinajstić information content (AvgIpc) is 2.63. The van der Waals surface area contributed by atoms with Crippen molar-refractivity contribution in [3.05, 3.63) is 52.7 Å². The van der Waals surface area contributed by atoms with E-state index in [2.05, 4.69) is 15.0 Å². The Balaban J connectivity index is 1.86. The van der Waals surface area contributed by atoms with Gasteiger partial charge in [-0.15, -0.1) is 0 Å². The van der Waals surface area contributed by atoms with Gasteiger partial charge in [0.2, 0.25) is 11.8 Å². The topological polar surface area (TPSA) is 60.5 Å². The fourth-order valence-corrected chi connectivity index (χ4v) is 2.52. The number of aryl methyl sites for hydroxylation is 1. The van der Waals surface area contributed by atoms with E-state index in [9.17, 15) is 18.0 Å². The molecule has 0 saturated carbocycles. The number of carbonyl (C=O) groups excluding carboxylic acids is 1. The Morgan fingerprint density at radius 2 is 2.07 bits per heavy atom. The van der Waals surface area contributed by atoms with Crippen LogP contribution in [-0.2, 0) is 17.8 Å². The van der Waals surface area contributed by atoms with E-state index < -0.39 is 12.8 Å². The largest absolute Gasteiger partial charge is 0.495 e. The summed E-state index contributed by atoms with van der Waals surface area (Å²) in [7, 11) is 1.51. The molecule has 2 rings (SSSR count). The van der Waals surface area contributed by atoms with Crippen molar-refractivity contribution in [2.24, 2.45) is 0 Å². The molecule has 1 heterocycles. The van der Waals surface area contributed by atoms with Gasteiger partial charge in [0.25, 0.3) is 0 Å². The molecule has 0 fully saturated rings. The number of hydrogen-bond donors (Lipinski definition) is 1. The molecule has 27 heavy (non-hydrogen) atoms. The molecular formula is C18H18ClF3N2O3. The van der Waals surface area contributed by atoms with Crippen molar-refractivity contribution in [1.82, 2.24) is 10.3 Å². The maximum Gasteiger partial charge on any atom is 0.422 e. The highest BCUT2D eigenvalue weighted by Crippen LogP contribution is 2.25. The molecule has 0 unspecified atom stereocenters. The number of methoxy groups -OCH3 is 1. The molecule has 1 N–H and O–H groups in total. The van der Waals surface area contributed by atoms with Crippen LogP contribution >= 0.6 is 11.6 Å². The Labute approximate surface area is 159 Å². The monoisotopic (exact) mass is 402 g/mol. The van der Waals surface area contributed by atoms with Crippen molar-refractivity contribution < 1.29 is 27.4 Å². The standard InChI is InChI=1S/C18H18ClF3N2O3/c1-26-15-6-4-12(9-14(15)19)5-7-16(25)24-10-13-3-2-8-23-17(13)27-11-18(20,21)22/h2-4,6,8-9H,5,7,10-11H2,1H3,(H,24,25). The first-order chi connectivity index (χ1) is 12.8. The van der Waals surface area contributed by atoms with E-state index in [1.807, 2.05) is 6.07 Å². The van der Waals surface area contributed by atoms with Gasteiger partial charge in [-0.05, 0) is 30.2 Å². The van der Waals surface area contributed by atoms with Crippen molar-refractivity contribution in [3.8, 4) is 11.6 Å². The van der Waals surface area contributed by atoms with Gasteiger partial charge in [0.05, 0.1) is 12.1 Å². The summed E-state index contributed by atoms with van der Waals surface area (Å²) in [6, 6.07) is 8.35. The minimum atomic E-state index is -4.46. The summed E-state index contributed by atoms with van der Waals surface area (Å²) in [5, 5.41) is 3.10. The molecule has 0 aliphatic heterocycles. The molecule has 0 aliphatic rings. The number of nitrogens with zero attached hydrogens (tertiary/aromatic N) is 1. The predicted molar refractivity (Wildman–Crippen MR) is 94.0 cm³/mol. The zero-order chi connectivity index (χ0) is 19.9. The second-order valence-electron chi connectivity index (χ2n) is 5.62. The van der Waals surface area contributed by atoms with Crippen LogP contribution in [0.15, 0.2) is 36.5 Å². The molecule has 0 aliphatic carbocycles. The summed E-state index contributed by atoms with van der Waals surface area (Å²) in [5.74, 6) is 0.137. The first-order valence-corrected chi connectivity index (χ1v) is 8.39. The number of hydrogen-bond acceptors (Lipinski definition) is 4. The molecular weight excluding hydrogens is 385 g/mol. The highest BCUT2D eigenvalue weighted by molar-refractivity contribution is 6.32. The summed E-state index contributed by atoms with van der Waals surface area (Å²) in [5.41, 5.74) is 1.23. The molecule has 2 aromatic rings. The molecule has 0 radical (unpaired) electrons. The third kappa shape index (κ3) is 6.97. The highest BCUT2D eigenvalue weighted by atomic mass is 35.5. The smallest absolute Gasteiger partial charge is 0.422 e. The zero-order valence-electron chi connectivity index (χ0n) is 14.5. The molecule has 5 nitrogen and oxygen atoms in total. The molecule has 1 aromatic carbocycles.